The summed E-state index contributed by atoms with van der Waals surface area (Å²) < 4.78 is 0. The Morgan fingerprint density at radius 3 is 2.95 bits per heavy atom. The van der Waals surface area contributed by atoms with Gasteiger partial charge in [-0.1, -0.05) is 37.1 Å². The molecule has 0 fully saturated rings. The smallest absolute Gasteiger partial charge is 0.151 e. The number of benzene rings is 1. The van der Waals surface area contributed by atoms with Crippen LogP contribution in [0.4, 0.5) is 0 Å². The lowest BCUT2D eigenvalue weighted by molar-refractivity contribution is 0.472. The van der Waals surface area contributed by atoms with Crippen molar-refractivity contribution < 1.29 is 5.11 Å². The van der Waals surface area contributed by atoms with Gasteiger partial charge in [0.1, 0.15) is 11.6 Å². The molecule has 0 aliphatic rings. The molecule has 0 saturated heterocycles. The van der Waals surface area contributed by atoms with Crippen molar-refractivity contribution in [2.45, 2.75) is 45.7 Å². The van der Waals surface area contributed by atoms with Gasteiger partial charge in [0.05, 0.1) is 5.69 Å². The van der Waals surface area contributed by atoms with E-state index >= 15 is 0 Å². The number of phenols is 1. The molecule has 0 bridgehead atoms. The maximum atomic E-state index is 9.51. The Balaban J connectivity index is 1.94. The second-order valence-electron chi connectivity index (χ2n) is 5.25. The van der Waals surface area contributed by atoms with E-state index < -0.39 is 0 Å². The molecule has 3 N–H and O–H groups in total. The first-order valence-electron chi connectivity index (χ1n) is 7.35. The van der Waals surface area contributed by atoms with Crippen LogP contribution < -0.4 is 5.32 Å². The number of nitrogens with zero attached hydrogens (tertiary/aromatic N) is 1. The second-order valence-corrected chi connectivity index (χ2v) is 5.61. The van der Waals surface area contributed by atoms with Crippen LogP contribution in [0.2, 0.25) is 5.15 Å². The number of phenolic OH excluding ortho intramolecular Hbond substituents is 1. The summed E-state index contributed by atoms with van der Waals surface area (Å²) in [6.07, 6.45) is 3.18. The van der Waals surface area contributed by atoms with E-state index in [0.717, 1.165) is 36.3 Å². The number of imidazole rings is 1. The van der Waals surface area contributed by atoms with Crippen LogP contribution in [0.25, 0.3) is 0 Å². The van der Waals surface area contributed by atoms with E-state index in [1.54, 1.807) is 12.1 Å². The Hall–Kier alpha value is -1.52. The molecule has 2 rings (SSSR count). The molecule has 0 radical (unpaired) electrons. The summed E-state index contributed by atoms with van der Waals surface area (Å²) in [4.78, 5) is 7.62. The third-order valence-corrected chi connectivity index (χ3v) is 3.81. The number of hydrogen-bond donors (Lipinski definition) is 3. The van der Waals surface area contributed by atoms with Gasteiger partial charge in [0.15, 0.2) is 5.15 Å². The largest absolute Gasteiger partial charge is 0.508 e. The van der Waals surface area contributed by atoms with Gasteiger partial charge in [0, 0.05) is 19.0 Å². The zero-order chi connectivity index (χ0) is 15.2. The maximum Gasteiger partial charge on any atom is 0.151 e. The summed E-state index contributed by atoms with van der Waals surface area (Å²) >= 11 is 6.16. The Bertz CT molecular complexity index is 583. The molecular weight excluding hydrogens is 286 g/mol. The van der Waals surface area contributed by atoms with Crippen molar-refractivity contribution in [3.8, 4) is 5.75 Å². The Morgan fingerprint density at radius 2 is 2.24 bits per heavy atom. The molecule has 0 saturated carbocycles. The lowest BCUT2D eigenvalue weighted by Gasteiger charge is -2.14. The first kappa shape index (κ1) is 15.9. The molecular formula is C16H22ClN3O. The van der Waals surface area contributed by atoms with Crippen LogP contribution in [0.15, 0.2) is 24.3 Å². The quantitative estimate of drug-likeness (QED) is 0.725. The van der Waals surface area contributed by atoms with Crippen LogP contribution in [0.3, 0.4) is 0 Å². The first-order chi connectivity index (χ1) is 10.1. The molecule has 0 spiro atoms. The highest BCUT2D eigenvalue weighted by atomic mass is 35.5. The van der Waals surface area contributed by atoms with Gasteiger partial charge >= 0.3 is 0 Å². The third kappa shape index (κ3) is 4.48. The number of unbranched alkanes of at least 4 members (excludes halogenated alkanes) is 1. The predicted octanol–water partition coefficient (Wildman–Crippen LogP) is 3.96. The molecule has 4 nitrogen and oxygen atoms in total. The molecule has 1 heterocycles. The number of rotatable bonds is 7. The number of halogens is 1. The number of aryl methyl sites for hydroxylation is 1. The zero-order valence-corrected chi connectivity index (χ0v) is 13.2. The van der Waals surface area contributed by atoms with Crippen molar-refractivity contribution in [3.63, 3.8) is 0 Å². The molecule has 21 heavy (non-hydrogen) atoms. The van der Waals surface area contributed by atoms with E-state index in [4.69, 9.17) is 11.6 Å². The van der Waals surface area contributed by atoms with Crippen LogP contribution in [0, 0.1) is 0 Å². The molecule has 1 unspecified atom stereocenters. The van der Waals surface area contributed by atoms with Crippen LogP contribution >= 0.6 is 11.6 Å². The summed E-state index contributed by atoms with van der Waals surface area (Å²) in [5, 5.41) is 13.4. The molecule has 1 aromatic carbocycles. The van der Waals surface area contributed by atoms with E-state index in [1.165, 1.54) is 0 Å². The summed E-state index contributed by atoms with van der Waals surface area (Å²) in [5.74, 6) is 1.23. The highest BCUT2D eigenvalue weighted by Gasteiger charge is 2.10. The van der Waals surface area contributed by atoms with Crippen molar-refractivity contribution in [2.75, 3.05) is 0 Å². The number of aromatic hydroxyl groups is 1. The highest BCUT2D eigenvalue weighted by Crippen LogP contribution is 2.19. The number of aromatic nitrogens is 2. The summed E-state index contributed by atoms with van der Waals surface area (Å²) in [6, 6.07) is 7.38. The fourth-order valence-electron chi connectivity index (χ4n) is 2.19. The molecule has 1 atom stereocenters. The average Bonchev–Trinajstić information content (AvgIpc) is 2.83. The minimum absolute atomic E-state index is 0.121. The fourth-order valence-corrected chi connectivity index (χ4v) is 2.40. The molecule has 1 aromatic heterocycles. The SMILES string of the molecule is CCCCc1nc(Cl)c(CNC(C)c2cccc(O)c2)[nH]1. The monoisotopic (exact) mass is 307 g/mol. The minimum atomic E-state index is 0.121. The van der Waals surface area contributed by atoms with Gasteiger partial charge < -0.3 is 15.4 Å². The standard InChI is InChI=1S/C16H22ClN3O/c1-3-4-8-15-19-14(16(17)20-15)10-18-11(2)12-6-5-7-13(21)9-12/h5-7,9,11,18,21H,3-4,8,10H2,1-2H3,(H,19,20). The Morgan fingerprint density at radius 1 is 1.43 bits per heavy atom. The van der Waals surface area contributed by atoms with Crippen molar-refractivity contribution in [2.24, 2.45) is 0 Å². The molecule has 5 heteroatoms. The molecule has 2 aromatic rings. The first-order valence-corrected chi connectivity index (χ1v) is 7.73. The van der Waals surface area contributed by atoms with Gasteiger partial charge in [-0.05, 0) is 31.0 Å². The lowest BCUT2D eigenvalue weighted by atomic mass is 10.1. The van der Waals surface area contributed by atoms with Crippen LogP contribution in [0.1, 0.15) is 49.8 Å². The van der Waals surface area contributed by atoms with Gasteiger partial charge in [0.25, 0.3) is 0 Å². The van der Waals surface area contributed by atoms with Crippen molar-refractivity contribution in [1.29, 1.82) is 0 Å². The number of hydrogen-bond acceptors (Lipinski definition) is 3. The van der Waals surface area contributed by atoms with Crippen LogP contribution in [0.5, 0.6) is 5.75 Å². The summed E-state index contributed by atoms with van der Waals surface area (Å²) in [5.41, 5.74) is 1.95. The van der Waals surface area contributed by atoms with Gasteiger partial charge in [-0.3, -0.25) is 0 Å². The van der Waals surface area contributed by atoms with Gasteiger partial charge in [-0.25, -0.2) is 4.98 Å². The number of aromatic amines is 1. The van der Waals surface area contributed by atoms with Crippen molar-refractivity contribution >= 4 is 11.6 Å². The summed E-state index contributed by atoms with van der Waals surface area (Å²) in [6.45, 7) is 4.83. The van der Waals surface area contributed by atoms with Crippen LogP contribution in [-0.2, 0) is 13.0 Å². The second kappa shape index (κ2) is 7.48. The van der Waals surface area contributed by atoms with E-state index in [2.05, 4.69) is 29.1 Å². The molecule has 114 valence electrons. The molecule has 0 aliphatic carbocycles. The van der Waals surface area contributed by atoms with Gasteiger partial charge in [-0.2, -0.15) is 0 Å². The van der Waals surface area contributed by atoms with Gasteiger partial charge in [-0.15, -0.1) is 0 Å². The van der Waals surface area contributed by atoms with Crippen LogP contribution in [-0.4, -0.2) is 15.1 Å². The van der Waals surface area contributed by atoms with E-state index in [-0.39, 0.29) is 11.8 Å². The predicted molar refractivity (Wildman–Crippen MR) is 85.6 cm³/mol. The molecule has 0 aliphatic heterocycles. The van der Waals surface area contributed by atoms with Crippen molar-refractivity contribution in [1.82, 2.24) is 15.3 Å². The van der Waals surface area contributed by atoms with Gasteiger partial charge in [0.2, 0.25) is 0 Å². The lowest BCUT2D eigenvalue weighted by Crippen LogP contribution is -2.18. The Kier molecular flexibility index (Phi) is 5.65. The highest BCUT2D eigenvalue weighted by molar-refractivity contribution is 6.30. The molecule has 0 amide bonds. The number of nitrogens with one attached hydrogen (secondary N) is 2. The zero-order valence-electron chi connectivity index (χ0n) is 12.5. The number of H-pyrrole nitrogens is 1. The fraction of sp³-hybridized carbons (Fsp3) is 0.438. The summed E-state index contributed by atoms with van der Waals surface area (Å²) in [7, 11) is 0. The topological polar surface area (TPSA) is 60.9 Å². The van der Waals surface area contributed by atoms with E-state index in [0.29, 0.717) is 11.7 Å². The van der Waals surface area contributed by atoms with E-state index in [9.17, 15) is 5.11 Å². The Labute approximate surface area is 130 Å². The van der Waals surface area contributed by atoms with Crippen molar-refractivity contribution in [3.05, 3.63) is 46.5 Å². The third-order valence-electron chi connectivity index (χ3n) is 3.50. The maximum absolute atomic E-state index is 9.51. The average molecular weight is 308 g/mol. The minimum Gasteiger partial charge on any atom is -0.508 e. The van der Waals surface area contributed by atoms with E-state index in [1.807, 2.05) is 12.1 Å². The normalized spacial score (nSPS) is 12.5.